The van der Waals surface area contributed by atoms with Crippen molar-refractivity contribution < 1.29 is 0 Å². The van der Waals surface area contributed by atoms with Crippen LogP contribution in [0.4, 0.5) is 5.95 Å². The Labute approximate surface area is 67.4 Å². The summed E-state index contributed by atoms with van der Waals surface area (Å²) < 4.78 is 2.14. The fourth-order valence-corrected chi connectivity index (χ4v) is 1.06. The molecule has 3 heteroatoms. The maximum atomic E-state index is 4.16. The normalized spacial score (nSPS) is 13.0. The van der Waals surface area contributed by atoms with E-state index in [1.165, 1.54) is 0 Å². The molecule has 62 valence electrons. The van der Waals surface area contributed by atoms with Gasteiger partial charge in [-0.05, 0) is 13.3 Å². The molecule has 1 unspecified atom stereocenters. The topological polar surface area (TPSA) is 29.9 Å². The summed E-state index contributed by atoms with van der Waals surface area (Å²) in [5.41, 5.74) is 0. The van der Waals surface area contributed by atoms with Crippen LogP contribution in [0.2, 0.25) is 0 Å². The molecule has 3 nitrogen and oxygen atoms in total. The van der Waals surface area contributed by atoms with E-state index in [1.54, 1.807) is 0 Å². The first-order valence-corrected chi connectivity index (χ1v) is 4.00. The summed E-state index contributed by atoms with van der Waals surface area (Å²) in [5.74, 6) is 0.944. The number of nitrogens with zero attached hydrogens (tertiary/aromatic N) is 2. The van der Waals surface area contributed by atoms with Crippen molar-refractivity contribution in [1.29, 1.82) is 0 Å². The van der Waals surface area contributed by atoms with Gasteiger partial charge in [0.1, 0.15) is 0 Å². The molecule has 0 saturated carbocycles. The number of nitrogens with one attached hydrogen (secondary N) is 1. The molecule has 0 saturated heterocycles. The van der Waals surface area contributed by atoms with Gasteiger partial charge < -0.3 is 9.88 Å². The fourth-order valence-electron chi connectivity index (χ4n) is 1.06. The molecule has 1 N–H and O–H groups in total. The number of rotatable bonds is 3. The number of hydrogen-bond donors (Lipinski definition) is 1. The SMILES string of the molecule is CCC(C)n1ccnc1NC. The first kappa shape index (κ1) is 8.11. The smallest absolute Gasteiger partial charge is 0.202 e. The van der Waals surface area contributed by atoms with E-state index >= 15 is 0 Å². The van der Waals surface area contributed by atoms with E-state index < -0.39 is 0 Å². The molecule has 0 aliphatic rings. The highest BCUT2D eigenvalue weighted by molar-refractivity contribution is 5.24. The van der Waals surface area contributed by atoms with Crippen LogP contribution in [-0.4, -0.2) is 16.6 Å². The minimum Gasteiger partial charge on any atom is -0.359 e. The lowest BCUT2D eigenvalue weighted by atomic mass is 10.2. The van der Waals surface area contributed by atoms with E-state index in [0.29, 0.717) is 6.04 Å². The van der Waals surface area contributed by atoms with Crippen molar-refractivity contribution in [2.24, 2.45) is 0 Å². The summed E-state index contributed by atoms with van der Waals surface area (Å²) in [5, 5.41) is 3.04. The Bertz CT molecular complexity index is 217. The number of aromatic nitrogens is 2. The van der Waals surface area contributed by atoms with Crippen LogP contribution in [0.1, 0.15) is 26.3 Å². The van der Waals surface area contributed by atoms with Gasteiger partial charge in [0.2, 0.25) is 5.95 Å². The number of anilines is 1. The van der Waals surface area contributed by atoms with Gasteiger partial charge in [0, 0.05) is 25.5 Å². The van der Waals surface area contributed by atoms with Crippen molar-refractivity contribution in [3.8, 4) is 0 Å². The molecule has 1 aromatic rings. The van der Waals surface area contributed by atoms with Gasteiger partial charge in [-0.1, -0.05) is 6.92 Å². The largest absolute Gasteiger partial charge is 0.359 e. The molecule has 0 aromatic carbocycles. The second kappa shape index (κ2) is 3.42. The second-order valence-corrected chi connectivity index (χ2v) is 2.67. The highest BCUT2D eigenvalue weighted by atomic mass is 15.2. The van der Waals surface area contributed by atoms with Crippen LogP contribution in [0.3, 0.4) is 0 Å². The van der Waals surface area contributed by atoms with Crippen molar-refractivity contribution >= 4 is 5.95 Å². The fraction of sp³-hybridized carbons (Fsp3) is 0.625. The molecule has 1 aromatic heterocycles. The summed E-state index contributed by atoms with van der Waals surface area (Å²) in [6.07, 6.45) is 4.95. The van der Waals surface area contributed by atoms with E-state index in [-0.39, 0.29) is 0 Å². The van der Waals surface area contributed by atoms with Crippen molar-refractivity contribution in [1.82, 2.24) is 9.55 Å². The van der Waals surface area contributed by atoms with Crippen LogP contribution in [0.15, 0.2) is 12.4 Å². The molecule has 1 atom stereocenters. The molecule has 1 rings (SSSR count). The van der Waals surface area contributed by atoms with Crippen LogP contribution < -0.4 is 5.32 Å². The Kier molecular flexibility index (Phi) is 2.52. The summed E-state index contributed by atoms with van der Waals surface area (Å²) >= 11 is 0. The molecule has 11 heavy (non-hydrogen) atoms. The maximum absolute atomic E-state index is 4.16. The third kappa shape index (κ3) is 1.53. The van der Waals surface area contributed by atoms with Crippen LogP contribution in [0.5, 0.6) is 0 Å². The highest BCUT2D eigenvalue weighted by Crippen LogP contribution is 2.14. The highest BCUT2D eigenvalue weighted by Gasteiger charge is 2.04. The number of hydrogen-bond acceptors (Lipinski definition) is 2. The second-order valence-electron chi connectivity index (χ2n) is 2.67. The molecule has 0 aliphatic carbocycles. The first-order valence-electron chi connectivity index (χ1n) is 4.00. The van der Waals surface area contributed by atoms with Gasteiger partial charge in [0.25, 0.3) is 0 Å². The first-order chi connectivity index (χ1) is 5.29. The molecule has 0 radical (unpaired) electrons. The Morgan fingerprint density at radius 1 is 1.73 bits per heavy atom. The average molecular weight is 153 g/mol. The van der Waals surface area contributed by atoms with E-state index in [4.69, 9.17) is 0 Å². The quantitative estimate of drug-likeness (QED) is 0.718. The van der Waals surface area contributed by atoms with Gasteiger partial charge in [-0.3, -0.25) is 0 Å². The summed E-state index contributed by atoms with van der Waals surface area (Å²) in [4.78, 5) is 4.16. The Balaban J connectivity index is 2.83. The van der Waals surface area contributed by atoms with Gasteiger partial charge in [-0.15, -0.1) is 0 Å². The molecule has 0 bridgehead atoms. The van der Waals surface area contributed by atoms with Crippen LogP contribution in [0.25, 0.3) is 0 Å². The van der Waals surface area contributed by atoms with Crippen LogP contribution in [0, 0.1) is 0 Å². The monoisotopic (exact) mass is 153 g/mol. The molecular weight excluding hydrogens is 138 g/mol. The summed E-state index contributed by atoms with van der Waals surface area (Å²) in [6, 6.07) is 0.528. The lowest BCUT2D eigenvalue weighted by Gasteiger charge is -2.13. The molecule has 0 fully saturated rings. The average Bonchev–Trinajstić information content (AvgIpc) is 2.50. The van der Waals surface area contributed by atoms with Crippen LogP contribution >= 0.6 is 0 Å². The van der Waals surface area contributed by atoms with Crippen molar-refractivity contribution in [2.45, 2.75) is 26.3 Å². The predicted octanol–water partition coefficient (Wildman–Crippen LogP) is 1.90. The molecule has 1 heterocycles. The van der Waals surface area contributed by atoms with Crippen molar-refractivity contribution in [2.75, 3.05) is 12.4 Å². The summed E-state index contributed by atoms with van der Waals surface area (Å²) in [6.45, 7) is 4.35. The maximum Gasteiger partial charge on any atom is 0.202 e. The molecule has 0 aliphatic heterocycles. The van der Waals surface area contributed by atoms with Crippen LogP contribution in [-0.2, 0) is 0 Å². The van der Waals surface area contributed by atoms with Crippen molar-refractivity contribution in [3.63, 3.8) is 0 Å². The van der Waals surface area contributed by atoms with Crippen molar-refractivity contribution in [3.05, 3.63) is 12.4 Å². The lowest BCUT2D eigenvalue weighted by molar-refractivity contribution is 0.536. The minimum absolute atomic E-state index is 0.528. The zero-order chi connectivity index (χ0) is 8.27. The number of imidazole rings is 1. The van der Waals surface area contributed by atoms with Gasteiger partial charge in [-0.2, -0.15) is 0 Å². The third-order valence-electron chi connectivity index (χ3n) is 1.96. The third-order valence-corrected chi connectivity index (χ3v) is 1.96. The molecular formula is C8H15N3. The summed E-state index contributed by atoms with van der Waals surface area (Å²) in [7, 11) is 1.89. The van der Waals surface area contributed by atoms with Gasteiger partial charge in [0.05, 0.1) is 0 Å². The zero-order valence-corrected chi connectivity index (χ0v) is 7.33. The Morgan fingerprint density at radius 3 is 3.00 bits per heavy atom. The van der Waals surface area contributed by atoms with E-state index in [0.717, 1.165) is 12.4 Å². The standard InChI is InChI=1S/C8H15N3/c1-4-7(2)11-6-5-10-8(11)9-3/h5-7H,4H2,1-3H3,(H,9,10). The Morgan fingerprint density at radius 2 is 2.45 bits per heavy atom. The van der Waals surface area contributed by atoms with E-state index in [1.807, 2.05) is 19.4 Å². The lowest BCUT2D eigenvalue weighted by Crippen LogP contribution is -2.06. The van der Waals surface area contributed by atoms with Gasteiger partial charge in [0.15, 0.2) is 0 Å². The Hall–Kier alpha value is -0.990. The predicted molar refractivity (Wildman–Crippen MR) is 46.8 cm³/mol. The molecule has 0 amide bonds. The minimum atomic E-state index is 0.528. The zero-order valence-electron chi connectivity index (χ0n) is 7.33. The van der Waals surface area contributed by atoms with E-state index in [2.05, 4.69) is 28.7 Å². The van der Waals surface area contributed by atoms with Gasteiger partial charge >= 0.3 is 0 Å². The molecule has 0 spiro atoms. The van der Waals surface area contributed by atoms with E-state index in [9.17, 15) is 0 Å². The van der Waals surface area contributed by atoms with Gasteiger partial charge in [-0.25, -0.2) is 4.98 Å².